The molecule has 0 aromatic heterocycles. The van der Waals surface area contributed by atoms with Crippen LogP contribution in [0.4, 0.5) is 0 Å². The highest BCUT2D eigenvalue weighted by atomic mass is 35.6. The zero-order valence-electron chi connectivity index (χ0n) is 6.03. The van der Waals surface area contributed by atoms with E-state index in [-0.39, 0.29) is 24.3 Å². The van der Waals surface area contributed by atoms with Gasteiger partial charge in [0.25, 0.3) is 0 Å². The fourth-order valence-electron chi connectivity index (χ4n) is 0.537. The summed E-state index contributed by atoms with van der Waals surface area (Å²) in [4.78, 5) is 0. The summed E-state index contributed by atoms with van der Waals surface area (Å²) in [6.45, 7) is 1.81. The Hall–Kier alpha value is 1.12. The second-order valence-electron chi connectivity index (χ2n) is 2.50. The second kappa shape index (κ2) is 4.98. The van der Waals surface area contributed by atoms with Gasteiger partial charge < -0.3 is 5.11 Å². The molecule has 68 valence electrons. The maximum atomic E-state index is 8.69. The van der Waals surface area contributed by atoms with Crippen molar-refractivity contribution in [3.63, 3.8) is 0 Å². The van der Waals surface area contributed by atoms with E-state index in [1.807, 2.05) is 0 Å². The number of alkyl halides is 4. The van der Waals surface area contributed by atoms with E-state index in [0.29, 0.717) is 0 Å². The van der Waals surface area contributed by atoms with Gasteiger partial charge in [0.1, 0.15) is 0 Å². The topological polar surface area (TPSA) is 20.2 Å². The third-order valence-corrected chi connectivity index (χ3v) is 2.38. The molecule has 0 spiro atoms. The summed E-state index contributed by atoms with van der Waals surface area (Å²) < 4.78 is -1.32. The lowest BCUT2D eigenvalue weighted by molar-refractivity contribution is 0.231. The van der Waals surface area contributed by atoms with Gasteiger partial charge in [-0.1, -0.05) is 41.7 Å². The predicted octanol–water partition coefficient (Wildman–Crippen LogP) is 2.98. The molecule has 1 nitrogen and oxygen atoms in total. The lowest BCUT2D eigenvalue weighted by Crippen LogP contribution is -2.21. The van der Waals surface area contributed by atoms with Crippen molar-refractivity contribution >= 4 is 46.4 Å². The smallest absolute Gasteiger partial charge is 0.192 e. The van der Waals surface area contributed by atoms with Gasteiger partial charge in [-0.2, -0.15) is 0 Å². The number of hydrogen-bond acceptors (Lipinski definition) is 1. The zero-order chi connectivity index (χ0) is 9.07. The van der Waals surface area contributed by atoms with Crippen molar-refractivity contribution in [2.24, 2.45) is 5.92 Å². The third-order valence-electron chi connectivity index (χ3n) is 1.33. The van der Waals surface area contributed by atoms with Crippen LogP contribution in [-0.4, -0.2) is 20.9 Å². The Morgan fingerprint density at radius 3 is 2.09 bits per heavy atom. The van der Waals surface area contributed by atoms with Crippen LogP contribution in [0.5, 0.6) is 0 Å². The summed E-state index contributed by atoms with van der Waals surface area (Å²) in [5, 5.41) is 8.39. The Morgan fingerprint density at radius 2 is 1.82 bits per heavy atom. The standard InChI is InChI=1S/C6H10Cl4O/c1-4(3-11)5(7)2-6(8,9)10/h4-5,11H,2-3H2,1H3. The van der Waals surface area contributed by atoms with Crippen molar-refractivity contribution in [1.82, 2.24) is 0 Å². The van der Waals surface area contributed by atoms with Gasteiger partial charge in [0.05, 0.1) is 0 Å². The predicted molar refractivity (Wildman–Crippen MR) is 50.8 cm³/mol. The van der Waals surface area contributed by atoms with Gasteiger partial charge in [0.2, 0.25) is 0 Å². The molecule has 0 aliphatic heterocycles. The largest absolute Gasteiger partial charge is 0.396 e. The molecule has 0 amide bonds. The molecule has 0 heterocycles. The summed E-state index contributed by atoms with van der Waals surface area (Å²) in [7, 11) is 0. The van der Waals surface area contributed by atoms with Crippen molar-refractivity contribution in [2.75, 3.05) is 6.61 Å². The van der Waals surface area contributed by atoms with Gasteiger partial charge in [0.15, 0.2) is 3.79 Å². The van der Waals surface area contributed by atoms with Crippen LogP contribution < -0.4 is 0 Å². The minimum atomic E-state index is -1.32. The molecule has 2 atom stereocenters. The first-order valence-electron chi connectivity index (χ1n) is 3.18. The normalized spacial score (nSPS) is 18.0. The average molecular weight is 240 g/mol. The molecule has 0 rings (SSSR count). The number of aliphatic hydroxyl groups is 1. The third kappa shape index (κ3) is 6.30. The van der Waals surface area contributed by atoms with Crippen LogP contribution in [0, 0.1) is 5.92 Å². The summed E-state index contributed by atoms with van der Waals surface area (Å²) in [5.74, 6) is -0.0488. The summed E-state index contributed by atoms with van der Waals surface area (Å²) >= 11 is 22.3. The van der Waals surface area contributed by atoms with E-state index >= 15 is 0 Å². The molecule has 1 N–H and O–H groups in total. The molecule has 0 fully saturated rings. The van der Waals surface area contributed by atoms with Crippen molar-refractivity contribution in [2.45, 2.75) is 22.5 Å². The Balaban J connectivity index is 3.77. The fraction of sp³-hybridized carbons (Fsp3) is 1.00. The minimum absolute atomic E-state index is 0.00884. The van der Waals surface area contributed by atoms with Crippen molar-refractivity contribution in [3.8, 4) is 0 Å². The van der Waals surface area contributed by atoms with Crippen LogP contribution in [0.1, 0.15) is 13.3 Å². The zero-order valence-corrected chi connectivity index (χ0v) is 9.05. The van der Waals surface area contributed by atoms with Crippen molar-refractivity contribution in [3.05, 3.63) is 0 Å². The van der Waals surface area contributed by atoms with Gasteiger partial charge in [-0.3, -0.25) is 0 Å². The van der Waals surface area contributed by atoms with E-state index < -0.39 is 3.79 Å². The number of halogens is 4. The average Bonchev–Trinajstić information content (AvgIpc) is 1.82. The van der Waals surface area contributed by atoms with Crippen LogP contribution in [0.25, 0.3) is 0 Å². The Morgan fingerprint density at radius 1 is 1.36 bits per heavy atom. The van der Waals surface area contributed by atoms with Crippen LogP contribution >= 0.6 is 46.4 Å². The van der Waals surface area contributed by atoms with E-state index in [1.165, 1.54) is 0 Å². The van der Waals surface area contributed by atoms with E-state index in [2.05, 4.69) is 0 Å². The molecular formula is C6H10Cl4O. The quantitative estimate of drug-likeness (QED) is 0.751. The number of hydrogen-bond donors (Lipinski definition) is 1. The van der Waals surface area contributed by atoms with Crippen LogP contribution in [0.2, 0.25) is 0 Å². The van der Waals surface area contributed by atoms with Crippen molar-refractivity contribution < 1.29 is 5.11 Å². The molecule has 0 aliphatic carbocycles. The Labute approximate surface area is 86.6 Å². The Kier molecular flexibility index (Phi) is 5.49. The first-order valence-corrected chi connectivity index (χ1v) is 4.75. The number of aliphatic hydroxyl groups excluding tert-OH is 1. The van der Waals surface area contributed by atoms with E-state index in [9.17, 15) is 0 Å². The van der Waals surface area contributed by atoms with Crippen LogP contribution in [0.15, 0.2) is 0 Å². The molecule has 0 bridgehead atoms. The molecular weight excluding hydrogens is 230 g/mol. The summed E-state index contributed by atoms with van der Waals surface area (Å²) in [5.41, 5.74) is 0. The Bertz CT molecular complexity index is 112. The molecule has 2 unspecified atom stereocenters. The van der Waals surface area contributed by atoms with E-state index in [4.69, 9.17) is 51.5 Å². The molecule has 0 aromatic carbocycles. The summed E-state index contributed by atoms with van der Waals surface area (Å²) in [6.07, 6.45) is 0.251. The maximum Gasteiger partial charge on any atom is 0.192 e. The van der Waals surface area contributed by atoms with E-state index in [1.54, 1.807) is 6.92 Å². The molecule has 5 heteroatoms. The van der Waals surface area contributed by atoms with Crippen LogP contribution in [0.3, 0.4) is 0 Å². The highest BCUT2D eigenvalue weighted by molar-refractivity contribution is 6.67. The molecule has 11 heavy (non-hydrogen) atoms. The SMILES string of the molecule is CC(CO)C(Cl)CC(Cl)(Cl)Cl. The minimum Gasteiger partial charge on any atom is -0.396 e. The molecule has 0 saturated carbocycles. The lowest BCUT2D eigenvalue weighted by Gasteiger charge is -2.19. The van der Waals surface area contributed by atoms with E-state index in [0.717, 1.165) is 0 Å². The van der Waals surface area contributed by atoms with Gasteiger partial charge in [-0.15, -0.1) is 11.6 Å². The monoisotopic (exact) mass is 238 g/mol. The van der Waals surface area contributed by atoms with Gasteiger partial charge >= 0.3 is 0 Å². The first-order chi connectivity index (χ1) is 4.87. The molecule has 0 aromatic rings. The molecule has 0 aliphatic rings. The van der Waals surface area contributed by atoms with Gasteiger partial charge in [-0.25, -0.2) is 0 Å². The first kappa shape index (κ1) is 12.1. The lowest BCUT2D eigenvalue weighted by atomic mass is 10.1. The molecule has 0 radical (unpaired) electrons. The van der Waals surface area contributed by atoms with Gasteiger partial charge in [0, 0.05) is 18.4 Å². The molecule has 0 saturated heterocycles. The maximum absolute atomic E-state index is 8.69. The number of rotatable bonds is 3. The summed E-state index contributed by atoms with van der Waals surface area (Å²) in [6, 6.07) is 0. The fourth-order valence-corrected chi connectivity index (χ4v) is 1.58. The van der Waals surface area contributed by atoms with Crippen LogP contribution in [-0.2, 0) is 0 Å². The second-order valence-corrected chi connectivity index (χ2v) is 5.57. The highest BCUT2D eigenvalue weighted by Gasteiger charge is 2.27. The van der Waals surface area contributed by atoms with Gasteiger partial charge in [-0.05, 0) is 5.92 Å². The van der Waals surface area contributed by atoms with Crippen molar-refractivity contribution in [1.29, 1.82) is 0 Å². The highest BCUT2D eigenvalue weighted by Crippen LogP contribution is 2.34.